The highest BCUT2D eigenvalue weighted by atomic mass is 35.5. The van der Waals surface area contributed by atoms with E-state index < -0.39 is 6.55 Å². The Kier molecular flexibility index (Phi) is 4.38. The largest absolute Gasteiger partial charge is 0.333 e. The number of aromatic nitrogens is 5. The highest BCUT2D eigenvalue weighted by Gasteiger charge is 2.16. The van der Waals surface area contributed by atoms with Crippen LogP contribution in [0, 0.1) is 0 Å². The molecule has 0 amide bonds. The normalized spacial score (nSPS) is 11.3. The van der Waals surface area contributed by atoms with E-state index in [0.29, 0.717) is 40.0 Å². The number of hydrogen-bond donors (Lipinski definition) is 0. The van der Waals surface area contributed by atoms with E-state index in [1.807, 2.05) is 25.1 Å². The van der Waals surface area contributed by atoms with Crippen LogP contribution in [0.3, 0.4) is 0 Å². The van der Waals surface area contributed by atoms with Crippen LogP contribution in [0.25, 0.3) is 11.5 Å². The fourth-order valence-corrected chi connectivity index (χ4v) is 2.48. The molecule has 120 valence electrons. The van der Waals surface area contributed by atoms with E-state index in [-0.39, 0.29) is 0 Å². The van der Waals surface area contributed by atoms with Gasteiger partial charge in [0.1, 0.15) is 5.69 Å². The molecule has 2 heterocycles. The summed E-state index contributed by atoms with van der Waals surface area (Å²) in [6, 6.07) is 8.94. The summed E-state index contributed by atoms with van der Waals surface area (Å²) in [5, 5.41) is 8.90. The molecule has 0 aliphatic rings. The quantitative estimate of drug-likeness (QED) is 0.711. The first-order valence-electron chi connectivity index (χ1n) is 7.08. The maximum absolute atomic E-state index is 12.7. The molecule has 0 fully saturated rings. The van der Waals surface area contributed by atoms with Crippen molar-refractivity contribution < 1.29 is 8.78 Å². The van der Waals surface area contributed by atoms with Crippen molar-refractivity contribution in [1.82, 2.24) is 24.5 Å². The predicted octanol–water partition coefficient (Wildman–Crippen LogP) is 3.80. The van der Waals surface area contributed by atoms with Crippen LogP contribution in [0.15, 0.2) is 36.5 Å². The first-order chi connectivity index (χ1) is 11.1. The van der Waals surface area contributed by atoms with Crippen molar-refractivity contribution in [2.45, 2.75) is 26.4 Å². The van der Waals surface area contributed by atoms with Gasteiger partial charge in [-0.25, -0.2) is 14.3 Å². The smallest absolute Gasteiger partial charge is 0.244 e. The lowest BCUT2D eigenvalue weighted by atomic mass is 10.1. The topological polar surface area (TPSA) is 48.5 Å². The highest BCUT2D eigenvalue weighted by molar-refractivity contribution is 6.30. The van der Waals surface area contributed by atoms with Gasteiger partial charge in [0.2, 0.25) is 0 Å². The van der Waals surface area contributed by atoms with Crippen molar-refractivity contribution in [2.24, 2.45) is 0 Å². The molecule has 0 radical (unpaired) electrons. The standard InChI is InChI=1S/C15H14ClF2N5/c1-2-22-14(12-6-7-23(20-12)15(17)18)19-13(21-22)9-10-4-3-5-11(16)8-10/h3-8,15H,2,9H2,1H3. The van der Waals surface area contributed by atoms with Crippen LogP contribution in [0.2, 0.25) is 5.02 Å². The van der Waals surface area contributed by atoms with Gasteiger partial charge in [0.15, 0.2) is 11.6 Å². The van der Waals surface area contributed by atoms with E-state index in [1.165, 1.54) is 12.3 Å². The van der Waals surface area contributed by atoms with E-state index in [2.05, 4.69) is 15.2 Å². The van der Waals surface area contributed by atoms with E-state index in [4.69, 9.17) is 11.6 Å². The molecule has 0 saturated carbocycles. The SMILES string of the molecule is CCn1nc(Cc2cccc(Cl)c2)nc1-c1ccn(C(F)F)n1. The minimum atomic E-state index is -2.67. The van der Waals surface area contributed by atoms with Crippen molar-refractivity contribution >= 4 is 11.6 Å². The molecule has 8 heteroatoms. The Bertz CT molecular complexity index is 812. The fraction of sp³-hybridized carbons (Fsp3) is 0.267. The third kappa shape index (κ3) is 3.39. The molecular weight excluding hydrogens is 324 g/mol. The second-order valence-electron chi connectivity index (χ2n) is 4.93. The van der Waals surface area contributed by atoms with E-state index in [1.54, 1.807) is 10.7 Å². The molecule has 0 atom stereocenters. The third-order valence-corrected chi connectivity index (χ3v) is 3.54. The lowest BCUT2D eigenvalue weighted by Crippen LogP contribution is -2.02. The lowest BCUT2D eigenvalue weighted by molar-refractivity contribution is 0.0568. The van der Waals surface area contributed by atoms with Crippen molar-refractivity contribution in [3.8, 4) is 11.5 Å². The maximum Gasteiger partial charge on any atom is 0.333 e. The Morgan fingerprint density at radius 3 is 2.70 bits per heavy atom. The Labute approximate surface area is 136 Å². The first kappa shape index (κ1) is 15.6. The first-order valence-corrected chi connectivity index (χ1v) is 7.46. The van der Waals surface area contributed by atoms with E-state index in [0.717, 1.165) is 5.56 Å². The average Bonchev–Trinajstić information content (AvgIpc) is 3.13. The molecule has 5 nitrogen and oxygen atoms in total. The summed E-state index contributed by atoms with van der Waals surface area (Å²) in [7, 11) is 0. The molecule has 0 bridgehead atoms. The third-order valence-electron chi connectivity index (χ3n) is 3.30. The molecule has 0 spiro atoms. The summed E-state index contributed by atoms with van der Waals surface area (Å²) < 4.78 is 27.6. The second kappa shape index (κ2) is 6.45. The highest BCUT2D eigenvalue weighted by Crippen LogP contribution is 2.19. The van der Waals surface area contributed by atoms with Gasteiger partial charge in [-0.2, -0.15) is 19.0 Å². The van der Waals surface area contributed by atoms with E-state index in [9.17, 15) is 8.78 Å². The van der Waals surface area contributed by atoms with Gasteiger partial charge in [-0.1, -0.05) is 23.7 Å². The molecule has 2 aromatic heterocycles. The molecular formula is C15H14ClF2N5. The van der Waals surface area contributed by atoms with Gasteiger partial charge in [-0.15, -0.1) is 0 Å². The maximum atomic E-state index is 12.7. The molecule has 0 unspecified atom stereocenters. The van der Waals surface area contributed by atoms with Gasteiger partial charge in [0.05, 0.1) is 0 Å². The summed E-state index contributed by atoms with van der Waals surface area (Å²) in [6.07, 6.45) is 1.74. The Morgan fingerprint density at radius 1 is 1.22 bits per heavy atom. The predicted molar refractivity (Wildman–Crippen MR) is 82.4 cm³/mol. The zero-order valence-corrected chi connectivity index (χ0v) is 13.1. The van der Waals surface area contributed by atoms with Gasteiger partial charge >= 0.3 is 6.55 Å². The minimum absolute atomic E-state index is 0.372. The minimum Gasteiger partial charge on any atom is -0.244 e. The summed E-state index contributed by atoms with van der Waals surface area (Å²) in [4.78, 5) is 4.44. The van der Waals surface area contributed by atoms with Crippen LogP contribution in [0.4, 0.5) is 8.78 Å². The van der Waals surface area contributed by atoms with Crippen LogP contribution >= 0.6 is 11.6 Å². The molecule has 3 rings (SSSR count). The van der Waals surface area contributed by atoms with Crippen molar-refractivity contribution in [1.29, 1.82) is 0 Å². The van der Waals surface area contributed by atoms with Gasteiger partial charge in [0, 0.05) is 24.2 Å². The Hall–Kier alpha value is -2.28. The van der Waals surface area contributed by atoms with Crippen LogP contribution in [-0.2, 0) is 13.0 Å². The lowest BCUT2D eigenvalue weighted by Gasteiger charge is -1.99. The number of rotatable bonds is 5. The number of nitrogens with zero attached hydrogens (tertiary/aromatic N) is 5. The van der Waals surface area contributed by atoms with E-state index >= 15 is 0 Å². The van der Waals surface area contributed by atoms with Crippen molar-refractivity contribution in [2.75, 3.05) is 0 Å². The van der Waals surface area contributed by atoms with Gasteiger partial charge < -0.3 is 0 Å². The number of alkyl halides is 2. The van der Waals surface area contributed by atoms with Crippen molar-refractivity contribution in [3.63, 3.8) is 0 Å². The van der Waals surface area contributed by atoms with Crippen LogP contribution in [0.1, 0.15) is 24.9 Å². The molecule has 1 aromatic carbocycles. The average molecular weight is 338 g/mol. The Morgan fingerprint density at radius 2 is 2.04 bits per heavy atom. The van der Waals surface area contributed by atoms with Gasteiger partial charge in [0.25, 0.3) is 0 Å². The van der Waals surface area contributed by atoms with Gasteiger partial charge in [-0.3, -0.25) is 0 Å². The second-order valence-corrected chi connectivity index (χ2v) is 5.37. The number of hydrogen-bond acceptors (Lipinski definition) is 3. The zero-order valence-electron chi connectivity index (χ0n) is 12.3. The summed E-state index contributed by atoms with van der Waals surface area (Å²) in [5.41, 5.74) is 1.35. The Balaban J connectivity index is 1.91. The van der Waals surface area contributed by atoms with Gasteiger partial charge in [-0.05, 0) is 30.7 Å². The van der Waals surface area contributed by atoms with Crippen LogP contribution in [-0.4, -0.2) is 24.5 Å². The monoisotopic (exact) mass is 337 g/mol. The molecule has 0 N–H and O–H groups in total. The summed E-state index contributed by atoms with van der Waals surface area (Å²) in [5.74, 6) is 1.07. The number of aryl methyl sites for hydroxylation is 1. The fourth-order valence-electron chi connectivity index (χ4n) is 2.27. The molecule has 0 aliphatic heterocycles. The van der Waals surface area contributed by atoms with Crippen LogP contribution in [0.5, 0.6) is 0 Å². The summed E-state index contributed by atoms with van der Waals surface area (Å²) >= 11 is 5.97. The van der Waals surface area contributed by atoms with Crippen molar-refractivity contribution in [3.05, 3.63) is 52.9 Å². The zero-order chi connectivity index (χ0) is 16.4. The summed E-state index contributed by atoms with van der Waals surface area (Å²) in [6.45, 7) is -0.196. The molecule has 23 heavy (non-hydrogen) atoms. The molecule has 0 saturated heterocycles. The number of halogens is 3. The van der Waals surface area contributed by atoms with Crippen LogP contribution < -0.4 is 0 Å². The number of benzene rings is 1. The molecule has 0 aliphatic carbocycles. The molecule has 3 aromatic rings.